The van der Waals surface area contributed by atoms with Crippen LogP contribution in [0, 0.1) is 0 Å². The Labute approximate surface area is 182 Å². The molecule has 1 fully saturated rings. The van der Waals surface area contributed by atoms with Gasteiger partial charge in [0.1, 0.15) is 5.60 Å². The third-order valence-corrected chi connectivity index (χ3v) is 5.27. The second-order valence-electron chi connectivity index (χ2n) is 7.81. The van der Waals surface area contributed by atoms with Crippen LogP contribution in [0.5, 0.6) is 0 Å². The van der Waals surface area contributed by atoms with Gasteiger partial charge in [0.05, 0.1) is 24.8 Å². The molecule has 0 saturated carbocycles. The van der Waals surface area contributed by atoms with Gasteiger partial charge in [0.25, 0.3) is 0 Å². The number of rotatable bonds is 3. The Hall–Kier alpha value is -1.30. The van der Waals surface area contributed by atoms with Crippen molar-refractivity contribution >= 4 is 52.5 Å². The van der Waals surface area contributed by atoms with Gasteiger partial charge in [-0.1, -0.05) is 0 Å². The molecule has 1 amide bonds. The highest BCUT2D eigenvalue weighted by atomic mass is 127. The van der Waals surface area contributed by atoms with Crippen molar-refractivity contribution in [2.45, 2.75) is 39.0 Å². The first-order chi connectivity index (χ1) is 12.2. The number of aliphatic imine (C=N–C) groups is 1. The molecule has 0 bridgehead atoms. The molecule has 1 atom stereocenters. The lowest BCUT2D eigenvalue weighted by Gasteiger charge is -2.39. The largest absolute Gasteiger partial charge is 0.444 e. The van der Waals surface area contributed by atoms with E-state index >= 15 is 0 Å². The molecule has 1 saturated heterocycles. The van der Waals surface area contributed by atoms with Gasteiger partial charge in [-0.15, -0.1) is 35.3 Å². The van der Waals surface area contributed by atoms with Crippen molar-refractivity contribution < 1.29 is 9.53 Å². The van der Waals surface area contributed by atoms with Crippen LogP contribution >= 0.6 is 35.3 Å². The van der Waals surface area contributed by atoms with Gasteiger partial charge in [-0.2, -0.15) is 0 Å². The maximum atomic E-state index is 12.3. The smallest absolute Gasteiger partial charge is 0.410 e. The maximum Gasteiger partial charge on any atom is 0.410 e. The average Bonchev–Trinajstić information content (AvgIpc) is 3.17. The minimum atomic E-state index is -0.466. The van der Waals surface area contributed by atoms with Gasteiger partial charge >= 0.3 is 6.09 Å². The molecule has 3 rings (SSSR count). The summed E-state index contributed by atoms with van der Waals surface area (Å²) in [5.74, 6) is 0.901. The number of hydrogen-bond donors (Lipinski definition) is 1. The normalized spacial score (nSPS) is 19.1. The Morgan fingerprint density at radius 1 is 1.41 bits per heavy atom. The highest BCUT2D eigenvalue weighted by Gasteiger charge is 2.36. The number of halogens is 1. The molecule has 8 nitrogen and oxygen atoms in total. The highest BCUT2D eigenvalue weighted by Crippen LogP contribution is 2.20. The van der Waals surface area contributed by atoms with Crippen LogP contribution in [0.4, 0.5) is 9.93 Å². The van der Waals surface area contributed by atoms with E-state index in [1.54, 1.807) is 16.2 Å². The Morgan fingerprint density at radius 3 is 2.78 bits per heavy atom. The van der Waals surface area contributed by atoms with Crippen LogP contribution < -0.4 is 10.2 Å². The number of ether oxygens (including phenoxy) is 1. The fourth-order valence-electron chi connectivity index (χ4n) is 2.98. The number of thiazole rings is 1. The lowest BCUT2D eigenvalue weighted by atomic mass is 10.2. The van der Waals surface area contributed by atoms with Gasteiger partial charge < -0.3 is 24.8 Å². The van der Waals surface area contributed by atoms with Gasteiger partial charge in [-0.25, -0.2) is 9.78 Å². The summed E-state index contributed by atoms with van der Waals surface area (Å²) in [6.07, 6.45) is -0.239. The molecule has 10 heteroatoms. The van der Waals surface area contributed by atoms with E-state index < -0.39 is 5.60 Å². The minimum Gasteiger partial charge on any atom is -0.444 e. The number of piperazine rings is 1. The predicted octanol–water partition coefficient (Wildman–Crippen LogP) is 2.21. The monoisotopic (exact) mass is 508 g/mol. The SMILES string of the molecule is CN(C)c1nc(CNC2=NCC3CN(C(=O)OC(C)(C)C)CCN23)cs1.I. The first kappa shape index (κ1) is 22.0. The topological polar surface area (TPSA) is 73.3 Å². The van der Waals surface area contributed by atoms with Gasteiger partial charge in [-0.05, 0) is 20.8 Å². The summed E-state index contributed by atoms with van der Waals surface area (Å²) in [6, 6.07) is 0.214. The van der Waals surface area contributed by atoms with E-state index in [1.165, 1.54) is 0 Å². The number of fused-ring (bicyclic) bond motifs is 1. The number of anilines is 1. The Kier molecular flexibility index (Phi) is 7.17. The molecule has 0 radical (unpaired) electrons. The van der Waals surface area contributed by atoms with Gasteiger partial charge in [-0.3, -0.25) is 4.99 Å². The molecule has 1 N–H and O–H groups in total. The third-order valence-electron chi connectivity index (χ3n) is 4.21. The molecule has 0 spiro atoms. The number of guanidine groups is 1. The number of hydrogen-bond acceptors (Lipinski definition) is 8. The Balaban J connectivity index is 0.00000261. The number of carbonyl (C=O) groups is 1. The van der Waals surface area contributed by atoms with Crippen LogP contribution in [0.25, 0.3) is 0 Å². The van der Waals surface area contributed by atoms with Crippen molar-refractivity contribution in [2.75, 3.05) is 45.2 Å². The second-order valence-corrected chi connectivity index (χ2v) is 8.64. The average molecular weight is 508 g/mol. The van der Waals surface area contributed by atoms with E-state index in [4.69, 9.17) is 4.74 Å². The maximum absolute atomic E-state index is 12.3. The summed E-state index contributed by atoms with van der Waals surface area (Å²) in [5, 5.41) is 6.46. The Bertz CT molecular complexity index is 687. The summed E-state index contributed by atoms with van der Waals surface area (Å²) < 4.78 is 5.48. The van der Waals surface area contributed by atoms with E-state index in [1.807, 2.05) is 39.8 Å². The first-order valence-electron chi connectivity index (χ1n) is 8.87. The highest BCUT2D eigenvalue weighted by molar-refractivity contribution is 14.0. The molecule has 27 heavy (non-hydrogen) atoms. The summed E-state index contributed by atoms with van der Waals surface area (Å²) in [4.78, 5) is 27.5. The first-order valence-corrected chi connectivity index (χ1v) is 9.75. The lowest BCUT2D eigenvalue weighted by Crippen LogP contribution is -2.57. The summed E-state index contributed by atoms with van der Waals surface area (Å²) in [7, 11) is 3.98. The number of aromatic nitrogens is 1. The molecule has 152 valence electrons. The number of nitrogens with zero attached hydrogens (tertiary/aromatic N) is 5. The minimum absolute atomic E-state index is 0. The predicted molar refractivity (Wildman–Crippen MR) is 119 cm³/mol. The number of nitrogens with one attached hydrogen (secondary N) is 1. The zero-order valence-corrected chi connectivity index (χ0v) is 19.7. The van der Waals surface area contributed by atoms with Gasteiger partial charge in [0.15, 0.2) is 11.1 Å². The molecule has 1 aromatic heterocycles. The fraction of sp³-hybridized carbons (Fsp3) is 0.706. The summed E-state index contributed by atoms with van der Waals surface area (Å²) in [6.45, 7) is 9.07. The van der Waals surface area contributed by atoms with Crippen LogP contribution in [-0.2, 0) is 11.3 Å². The van der Waals surface area contributed by atoms with Crippen molar-refractivity contribution in [3.63, 3.8) is 0 Å². The Morgan fingerprint density at radius 2 is 2.15 bits per heavy atom. The van der Waals surface area contributed by atoms with Crippen molar-refractivity contribution in [1.82, 2.24) is 20.1 Å². The van der Waals surface area contributed by atoms with Gasteiger partial charge in [0, 0.05) is 39.1 Å². The molecule has 2 aliphatic heterocycles. The van der Waals surface area contributed by atoms with Crippen LogP contribution in [0.1, 0.15) is 26.5 Å². The summed E-state index contributed by atoms with van der Waals surface area (Å²) >= 11 is 1.63. The van der Waals surface area contributed by atoms with Crippen molar-refractivity contribution in [3.05, 3.63) is 11.1 Å². The molecule has 1 aromatic rings. The lowest BCUT2D eigenvalue weighted by molar-refractivity contribution is 0.0137. The van der Waals surface area contributed by atoms with Crippen molar-refractivity contribution in [3.8, 4) is 0 Å². The molecule has 1 unspecified atom stereocenters. The molecule has 2 aliphatic rings. The van der Waals surface area contributed by atoms with Crippen LogP contribution in [0.2, 0.25) is 0 Å². The van der Waals surface area contributed by atoms with E-state index in [0.29, 0.717) is 26.2 Å². The van der Waals surface area contributed by atoms with Crippen LogP contribution in [0.3, 0.4) is 0 Å². The van der Waals surface area contributed by atoms with E-state index in [2.05, 4.69) is 25.6 Å². The quantitative estimate of drug-likeness (QED) is 0.632. The zero-order chi connectivity index (χ0) is 18.9. The van der Waals surface area contributed by atoms with E-state index in [0.717, 1.165) is 23.3 Å². The standard InChI is InChI=1S/C17H28N6O2S.HI/c1-17(2,3)25-16(24)22-6-7-23-13(10-22)9-19-14(23)18-8-12-11-26-15(20-12)21(4)5;/h11,13H,6-10H2,1-5H3,(H,18,19);1H. The summed E-state index contributed by atoms with van der Waals surface area (Å²) in [5.41, 5.74) is 0.545. The van der Waals surface area contributed by atoms with Crippen LogP contribution in [0.15, 0.2) is 10.4 Å². The van der Waals surface area contributed by atoms with Gasteiger partial charge in [0.2, 0.25) is 0 Å². The van der Waals surface area contributed by atoms with Crippen LogP contribution in [-0.4, -0.2) is 78.8 Å². The molecule has 0 aliphatic carbocycles. The molecular weight excluding hydrogens is 479 g/mol. The van der Waals surface area contributed by atoms with Crippen molar-refractivity contribution in [1.29, 1.82) is 0 Å². The van der Waals surface area contributed by atoms with E-state index in [9.17, 15) is 4.79 Å². The number of carbonyl (C=O) groups excluding carboxylic acids is 1. The number of amides is 1. The zero-order valence-electron chi connectivity index (χ0n) is 16.6. The molecule has 0 aromatic carbocycles. The fourth-order valence-corrected chi connectivity index (χ4v) is 3.73. The molecule has 3 heterocycles. The van der Waals surface area contributed by atoms with E-state index in [-0.39, 0.29) is 36.1 Å². The second kappa shape index (κ2) is 8.80. The van der Waals surface area contributed by atoms with Crippen molar-refractivity contribution in [2.24, 2.45) is 4.99 Å². The third kappa shape index (κ3) is 5.59. The molecular formula is C17H29IN6O2S.